The Morgan fingerprint density at radius 1 is 1.29 bits per heavy atom. The predicted octanol–water partition coefficient (Wildman–Crippen LogP) is 5.24. The van der Waals surface area contributed by atoms with Crippen LogP contribution in [0.2, 0.25) is 0 Å². The van der Waals surface area contributed by atoms with Crippen molar-refractivity contribution in [2.75, 3.05) is 5.32 Å². The fraction of sp³-hybridized carbons (Fsp3) is 0.458. The van der Waals surface area contributed by atoms with Crippen LogP contribution in [0.5, 0.6) is 5.75 Å². The first kappa shape index (κ1) is 24.9. The Balaban J connectivity index is 1.77. The highest BCUT2D eigenvalue weighted by Crippen LogP contribution is 2.55. The van der Waals surface area contributed by atoms with Crippen molar-refractivity contribution >= 4 is 11.6 Å². The van der Waals surface area contributed by atoms with E-state index >= 15 is 0 Å². The number of alkyl halides is 3. The van der Waals surface area contributed by atoms with E-state index in [2.05, 4.69) is 10.3 Å². The van der Waals surface area contributed by atoms with Crippen LogP contribution in [0.25, 0.3) is 0 Å². The lowest BCUT2D eigenvalue weighted by atomic mass is 9.76. The van der Waals surface area contributed by atoms with E-state index in [4.69, 9.17) is 14.7 Å². The van der Waals surface area contributed by atoms with E-state index < -0.39 is 59.1 Å². The van der Waals surface area contributed by atoms with E-state index in [0.29, 0.717) is 12.8 Å². The Labute approximate surface area is 198 Å². The molecule has 0 radical (unpaired) electrons. The van der Waals surface area contributed by atoms with Gasteiger partial charge in [0.15, 0.2) is 17.2 Å². The fourth-order valence-corrected chi connectivity index (χ4v) is 4.39. The van der Waals surface area contributed by atoms with Gasteiger partial charge in [0.25, 0.3) is 5.91 Å². The van der Waals surface area contributed by atoms with Crippen LogP contribution >= 0.6 is 0 Å². The van der Waals surface area contributed by atoms with Gasteiger partial charge in [0.2, 0.25) is 5.82 Å². The van der Waals surface area contributed by atoms with E-state index in [1.165, 1.54) is 25.3 Å². The Morgan fingerprint density at radius 2 is 2.00 bits per heavy atom. The van der Waals surface area contributed by atoms with Crippen LogP contribution in [-0.4, -0.2) is 34.9 Å². The Morgan fingerprint density at radius 3 is 2.60 bits per heavy atom. The summed E-state index contributed by atoms with van der Waals surface area (Å²) < 4.78 is 82.3. The van der Waals surface area contributed by atoms with Crippen molar-refractivity contribution in [1.82, 2.24) is 4.98 Å². The van der Waals surface area contributed by atoms with E-state index in [-0.39, 0.29) is 16.9 Å². The zero-order valence-corrected chi connectivity index (χ0v) is 18.8. The van der Waals surface area contributed by atoms with E-state index in [1.807, 2.05) is 0 Å². The smallest absolute Gasteiger partial charge is 0.417 e. The number of hydrogen-bond acceptors (Lipinski definition) is 5. The molecule has 1 amide bonds. The van der Waals surface area contributed by atoms with Gasteiger partial charge in [-0.2, -0.15) is 22.8 Å². The molecule has 11 heteroatoms. The van der Waals surface area contributed by atoms with Gasteiger partial charge in [0.1, 0.15) is 17.9 Å². The lowest BCUT2D eigenvalue weighted by Crippen LogP contribution is -2.47. The lowest BCUT2D eigenvalue weighted by Gasteiger charge is -2.32. The molecule has 1 aliphatic heterocycles. The molecule has 1 aromatic carbocycles. The van der Waals surface area contributed by atoms with Crippen molar-refractivity contribution in [3.63, 3.8) is 0 Å². The van der Waals surface area contributed by atoms with Gasteiger partial charge in [0, 0.05) is 29.3 Å². The summed E-state index contributed by atoms with van der Waals surface area (Å²) in [5.74, 6) is -6.66. The van der Waals surface area contributed by atoms with Crippen molar-refractivity contribution in [3.05, 3.63) is 53.4 Å². The molecule has 4 rings (SSSR count). The molecular weight excluding hydrogens is 473 g/mol. The maximum atomic E-state index is 14.8. The molecule has 1 N–H and O–H groups in total. The zero-order chi connectivity index (χ0) is 25.5. The molecule has 1 aliphatic carbocycles. The number of amides is 1. The second-order valence-electron chi connectivity index (χ2n) is 8.94. The van der Waals surface area contributed by atoms with Gasteiger partial charge in [-0.1, -0.05) is 13.0 Å². The van der Waals surface area contributed by atoms with E-state index in [9.17, 15) is 26.7 Å². The number of rotatable bonds is 5. The molecule has 0 unspecified atom stereocenters. The minimum atomic E-state index is -4.86. The summed E-state index contributed by atoms with van der Waals surface area (Å²) in [6.45, 7) is 2.07. The Hall–Kier alpha value is -3.26. The SMILES string of the molecule is C[C@H]1[C@@H](c2ccc(F)c(F)c2OC2CCC2)[C@H](C(=O)Nc2ccnc(C#N)c2)O[C@@]1(C)C(F)(F)F. The third-order valence-electron chi connectivity index (χ3n) is 6.85. The highest BCUT2D eigenvalue weighted by atomic mass is 19.4. The van der Waals surface area contributed by atoms with Crippen LogP contribution in [0.3, 0.4) is 0 Å². The highest BCUT2D eigenvalue weighted by Gasteiger charge is 2.66. The minimum absolute atomic E-state index is 0.0167. The number of nitriles is 1. The van der Waals surface area contributed by atoms with Gasteiger partial charge in [-0.25, -0.2) is 9.37 Å². The van der Waals surface area contributed by atoms with Crippen molar-refractivity contribution in [2.24, 2.45) is 5.92 Å². The van der Waals surface area contributed by atoms with Crippen LogP contribution in [-0.2, 0) is 9.53 Å². The van der Waals surface area contributed by atoms with Crippen LogP contribution in [0.4, 0.5) is 27.6 Å². The second kappa shape index (κ2) is 9.07. The molecule has 4 atom stereocenters. The Kier molecular flexibility index (Phi) is 6.44. The maximum Gasteiger partial charge on any atom is 0.417 e. The number of nitrogens with one attached hydrogen (secondary N) is 1. The number of anilines is 1. The second-order valence-corrected chi connectivity index (χ2v) is 8.94. The number of pyridine rings is 1. The summed E-state index contributed by atoms with van der Waals surface area (Å²) in [6.07, 6.45) is -3.71. The zero-order valence-electron chi connectivity index (χ0n) is 18.8. The van der Waals surface area contributed by atoms with Crippen molar-refractivity contribution in [1.29, 1.82) is 5.26 Å². The molecule has 1 aromatic heterocycles. The summed E-state index contributed by atoms with van der Waals surface area (Å²) in [6, 6.07) is 6.34. The quantitative estimate of drug-likeness (QED) is 0.574. The largest absolute Gasteiger partial charge is 0.487 e. The van der Waals surface area contributed by atoms with Gasteiger partial charge in [-0.3, -0.25) is 4.79 Å². The van der Waals surface area contributed by atoms with E-state index in [0.717, 1.165) is 25.5 Å². The third kappa shape index (κ3) is 4.43. The minimum Gasteiger partial charge on any atom is -0.487 e. The van der Waals surface area contributed by atoms with Gasteiger partial charge in [0.05, 0.1) is 6.10 Å². The topological polar surface area (TPSA) is 84.2 Å². The molecule has 6 nitrogen and oxygen atoms in total. The molecule has 0 spiro atoms. The Bertz CT molecular complexity index is 1180. The van der Waals surface area contributed by atoms with Crippen molar-refractivity contribution in [2.45, 2.75) is 63.0 Å². The van der Waals surface area contributed by atoms with Crippen molar-refractivity contribution < 1.29 is 36.2 Å². The van der Waals surface area contributed by atoms with Gasteiger partial charge in [-0.05, 0) is 44.4 Å². The predicted molar refractivity (Wildman–Crippen MR) is 113 cm³/mol. The third-order valence-corrected chi connectivity index (χ3v) is 6.85. The lowest BCUT2D eigenvalue weighted by molar-refractivity contribution is -0.272. The number of halogens is 5. The summed E-state index contributed by atoms with van der Waals surface area (Å²) in [4.78, 5) is 17.0. The first-order valence-electron chi connectivity index (χ1n) is 11.0. The average Bonchev–Trinajstić information content (AvgIpc) is 3.05. The fourth-order valence-electron chi connectivity index (χ4n) is 4.39. The molecule has 2 aromatic rings. The first-order chi connectivity index (χ1) is 16.5. The molecule has 2 heterocycles. The molecule has 1 saturated heterocycles. The number of carbonyl (C=O) groups is 1. The molecular formula is C24H22F5N3O3. The molecule has 0 bridgehead atoms. The number of nitrogens with zero attached hydrogens (tertiary/aromatic N) is 2. The van der Waals surface area contributed by atoms with Crippen LogP contribution in [0, 0.1) is 28.9 Å². The molecule has 2 fully saturated rings. The number of carbonyl (C=O) groups excluding carboxylic acids is 1. The molecule has 35 heavy (non-hydrogen) atoms. The summed E-state index contributed by atoms with van der Waals surface area (Å²) >= 11 is 0. The monoisotopic (exact) mass is 495 g/mol. The average molecular weight is 495 g/mol. The summed E-state index contributed by atoms with van der Waals surface area (Å²) in [5, 5.41) is 11.5. The summed E-state index contributed by atoms with van der Waals surface area (Å²) in [5.41, 5.74) is -2.73. The van der Waals surface area contributed by atoms with Crippen LogP contribution in [0.1, 0.15) is 50.3 Å². The van der Waals surface area contributed by atoms with Gasteiger partial charge < -0.3 is 14.8 Å². The maximum absolute atomic E-state index is 14.8. The van der Waals surface area contributed by atoms with Crippen LogP contribution < -0.4 is 10.1 Å². The van der Waals surface area contributed by atoms with Gasteiger partial charge >= 0.3 is 6.18 Å². The van der Waals surface area contributed by atoms with E-state index in [1.54, 1.807) is 6.07 Å². The summed E-state index contributed by atoms with van der Waals surface area (Å²) in [7, 11) is 0. The normalized spacial score (nSPS) is 26.6. The first-order valence-corrected chi connectivity index (χ1v) is 11.0. The number of hydrogen-bond donors (Lipinski definition) is 1. The molecule has 186 valence electrons. The van der Waals surface area contributed by atoms with Crippen LogP contribution in [0.15, 0.2) is 30.5 Å². The number of aromatic nitrogens is 1. The number of ether oxygens (including phenoxy) is 2. The highest BCUT2D eigenvalue weighted by molar-refractivity contribution is 5.95. The standard InChI is InChI=1S/C24H22F5N3O3/c1-12-18(16-6-7-17(25)19(26)20(16)34-15-4-3-5-15)21(35-23(12,2)24(27,28)29)22(33)32-13-8-9-31-14(10-13)11-30/h6-10,12,15,18,21H,3-5H2,1-2H3,(H,31,32,33)/t12-,18-,21+,23+/m0/s1. The van der Waals surface area contributed by atoms with Crippen molar-refractivity contribution in [3.8, 4) is 11.8 Å². The number of benzene rings is 1. The molecule has 2 aliphatic rings. The molecule has 1 saturated carbocycles. The van der Waals surface area contributed by atoms with Gasteiger partial charge in [-0.15, -0.1) is 0 Å².